The van der Waals surface area contributed by atoms with Crippen LogP contribution in [0, 0.1) is 11.8 Å². The third-order valence-electron chi connectivity index (χ3n) is 4.75. The molecule has 1 amide bonds. The van der Waals surface area contributed by atoms with Crippen LogP contribution in [-0.4, -0.2) is 12.5 Å². The molecule has 0 bridgehead atoms. The number of nitrogens with two attached hydrogens (primary N) is 1. The smallest absolute Gasteiger partial charge is 0.223 e. The average Bonchev–Trinajstić information content (AvgIpc) is 3.05. The Morgan fingerprint density at radius 1 is 1.26 bits per heavy atom. The van der Waals surface area contributed by atoms with E-state index in [0.717, 1.165) is 32.1 Å². The van der Waals surface area contributed by atoms with Gasteiger partial charge in [-0.15, -0.1) is 0 Å². The van der Waals surface area contributed by atoms with E-state index < -0.39 is 0 Å². The number of benzene rings is 1. The van der Waals surface area contributed by atoms with Crippen LogP contribution >= 0.6 is 0 Å². The van der Waals surface area contributed by atoms with Crippen LogP contribution in [0.2, 0.25) is 0 Å². The lowest BCUT2D eigenvalue weighted by atomic mass is 9.94. The molecule has 3 N–H and O–H groups in total. The van der Waals surface area contributed by atoms with Gasteiger partial charge in [-0.3, -0.25) is 4.79 Å². The topological polar surface area (TPSA) is 55.1 Å². The van der Waals surface area contributed by atoms with E-state index in [4.69, 9.17) is 5.73 Å². The number of rotatable bonds is 3. The number of carbonyl (C=O) groups is 1. The Morgan fingerprint density at radius 2 is 2.11 bits per heavy atom. The quantitative estimate of drug-likeness (QED) is 0.873. The minimum Gasteiger partial charge on any atom is -0.349 e. The summed E-state index contributed by atoms with van der Waals surface area (Å²) in [7, 11) is 0. The standard InChI is InChI=1S/C16H22N2O/c17-10-12-5-3-7-14(12)16(19)18-15-9-8-11-4-1-2-6-13(11)15/h1-2,4,6,12,14-15H,3,5,7-10,17H2,(H,18,19). The summed E-state index contributed by atoms with van der Waals surface area (Å²) in [5.74, 6) is 0.740. The molecule has 1 fully saturated rings. The highest BCUT2D eigenvalue weighted by atomic mass is 16.2. The molecule has 0 aromatic heterocycles. The molecule has 3 rings (SSSR count). The molecular formula is C16H22N2O. The first-order valence-electron chi connectivity index (χ1n) is 7.38. The third-order valence-corrected chi connectivity index (χ3v) is 4.75. The monoisotopic (exact) mass is 258 g/mol. The van der Waals surface area contributed by atoms with Gasteiger partial charge in [0.15, 0.2) is 0 Å². The van der Waals surface area contributed by atoms with Gasteiger partial charge in [0.25, 0.3) is 0 Å². The molecule has 2 aliphatic rings. The molecule has 0 aliphatic heterocycles. The molecule has 3 atom stereocenters. The lowest BCUT2D eigenvalue weighted by Gasteiger charge is -2.21. The molecule has 0 heterocycles. The maximum Gasteiger partial charge on any atom is 0.223 e. The summed E-state index contributed by atoms with van der Waals surface area (Å²) in [5.41, 5.74) is 8.45. The molecule has 0 radical (unpaired) electrons. The van der Waals surface area contributed by atoms with E-state index >= 15 is 0 Å². The van der Waals surface area contributed by atoms with Crippen molar-refractivity contribution >= 4 is 5.91 Å². The van der Waals surface area contributed by atoms with Gasteiger partial charge in [-0.2, -0.15) is 0 Å². The van der Waals surface area contributed by atoms with Crippen LogP contribution in [0.15, 0.2) is 24.3 Å². The fraction of sp³-hybridized carbons (Fsp3) is 0.562. The first kappa shape index (κ1) is 12.7. The van der Waals surface area contributed by atoms with Crippen molar-refractivity contribution in [2.75, 3.05) is 6.54 Å². The van der Waals surface area contributed by atoms with Gasteiger partial charge < -0.3 is 11.1 Å². The van der Waals surface area contributed by atoms with E-state index in [2.05, 4.69) is 29.6 Å². The number of aryl methyl sites for hydroxylation is 1. The zero-order valence-corrected chi connectivity index (χ0v) is 11.3. The van der Waals surface area contributed by atoms with Gasteiger partial charge in [0.2, 0.25) is 5.91 Å². The highest BCUT2D eigenvalue weighted by Gasteiger charge is 2.34. The number of fused-ring (bicyclic) bond motifs is 1. The minimum atomic E-state index is 0.137. The molecular weight excluding hydrogens is 236 g/mol. The van der Waals surface area contributed by atoms with E-state index in [0.29, 0.717) is 12.5 Å². The van der Waals surface area contributed by atoms with Crippen molar-refractivity contribution in [2.24, 2.45) is 17.6 Å². The number of carbonyl (C=O) groups excluding carboxylic acids is 1. The molecule has 19 heavy (non-hydrogen) atoms. The van der Waals surface area contributed by atoms with Crippen molar-refractivity contribution in [1.29, 1.82) is 0 Å². The third kappa shape index (κ3) is 2.39. The molecule has 1 saturated carbocycles. The first-order chi connectivity index (χ1) is 9.29. The number of amides is 1. The summed E-state index contributed by atoms with van der Waals surface area (Å²) in [5, 5.41) is 3.25. The first-order valence-corrected chi connectivity index (χ1v) is 7.38. The molecule has 1 aromatic rings. The second-order valence-corrected chi connectivity index (χ2v) is 5.83. The summed E-state index contributed by atoms with van der Waals surface area (Å²) in [6.45, 7) is 0.638. The highest BCUT2D eigenvalue weighted by molar-refractivity contribution is 5.80. The van der Waals surface area contributed by atoms with Gasteiger partial charge in [0, 0.05) is 5.92 Å². The number of hydrogen-bond acceptors (Lipinski definition) is 2. The van der Waals surface area contributed by atoms with E-state index in [-0.39, 0.29) is 17.9 Å². The molecule has 2 aliphatic carbocycles. The van der Waals surface area contributed by atoms with Crippen molar-refractivity contribution in [2.45, 2.75) is 38.1 Å². The van der Waals surface area contributed by atoms with Crippen molar-refractivity contribution in [3.63, 3.8) is 0 Å². The van der Waals surface area contributed by atoms with Crippen LogP contribution < -0.4 is 11.1 Å². The average molecular weight is 258 g/mol. The molecule has 0 saturated heterocycles. The van der Waals surface area contributed by atoms with E-state index in [1.54, 1.807) is 0 Å². The van der Waals surface area contributed by atoms with Crippen LogP contribution in [0.5, 0.6) is 0 Å². The second-order valence-electron chi connectivity index (χ2n) is 5.83. The summed E-state index contributed by atoms with van der Waals surface area (Å²) in [4.78, 5) is 12.4. The molecule has 1 aromatic carbocycles. The Morgan fingerprint density at radius 3 is 2.95 bits per heavy atom. The van der Waals surface area contributed by atoms with Crippen molar-refractivity contribution in [3.05, 3.63) is 35.4 Å². The van der Waals surface area contributed by atoms with Crippen molar-refractivity contribution < 1.29 is 4.79 Å². The predicted octanol–water partition coefficient (Wildman–Crippen LogP) is 2.17. The Balaban J connectivity index is 1.68. The van der Waals surface area contributed by atoms with Gasteiger partial charge in [0.05, 0.1) is 6.04 Å². The predicted molar refractivity (Wildman–Crippen MR) is 75.5 cm³/mol. The van der Waals surface area contributed by atoms with Gasteiger partial charge in [-0.25, -0.2) is 0 Å². The maximum absolute atomic E-state index is 12.4. The maximum atomic E-state index is 12.4. The Bertz CT molecular complexity index is 472. The highest BCUT2D eigenvalue weighted by Crippen LogP contribution is 2.34. The van der Waals surface area contributed by atoms with Crippen molar-refractivity contribution in [1.82, 2.24) is 5.32 Å². The molecule has 3 nitrogen and oxygen atoms in total. The molecule has 3 unspecified atom stereocenters. The Hall–Kier alpha value is -1.35. The second kappa shape index (κ2) is 5.33. The van der Waals surface area contributed by atoms with Gasteiger partial charge in [-0.05, 0) is 49.3 Å². The lowest BCUT2D eigenvalue weighted by Crippen LogP contribution is -2.36. The molecule has 0 spiro atoms. The lowest BCUT2D eigenvalue weighted by molar-refractivity contribution is -0.126. The SMILES string of the molecule is NCC1CCCC1C(=O)NC1CCc2ccccc21. The molecule has 102 valence electrons. The van der Waals surface area contributed by atoms with E-state index in [9.17, 15) is 4.79 Å². The van der Waals surface area contributed by atoms with Crippen LogP contribution in [-0.2, 0) is 11.2 Å². The van der Waals surface area contributed by atoms with Crippen LogP contribution in [0.4, 0.5) is 0 Å². The van der Waals surface area contributed by atoms with Crippen molar-refractivity contribution in [3.8, 4) is 0 Å². The minimum absolute atomic E-state index is 0.137. The summed E-state index contributed by atoms with van der Waals surface area (Å²) in [6.07, 6.45) is 5.36. The van der Waals surface area contributed by atoms with Gasteiger partial charge in [0.1, 0.15) is 0 Å². The summed E-state index contributed by atoms with van der Waals surface area (Å²) < 4.78 is 0. The summed E-state index contributed by atoms with van der Waals surface area (Å²) >= 11 is 0. The van der Waals surface area contributed by atoms with Gasteiger partial charge in [-0.1, -0.05) is 30.7 Å². The molecule has 3 heteroatoms. The zero-order valence-electron chi connectivity index (χ0n) is 11.3. The zero-order chi connectivity index (χ0) is 13.2. The van der Waals surface area contributed by atoms with Crippen LogP contribution in [0.1, 0.15) is 42.9 Å². The number of hydrogen-bond donors (Lipinski definition) is 2. The Kier molecular flexibility index (Phi) is 3.56. The normalized spacial score (nSPS) is 29.2. The Labute approximate surface area is 114 Å². The largest absolute Gasteiger partial charge is 0.349 e. The summed E-state index contributed by atoms with van der Waals surface area (Å²) in [6, 6.07) is 8.65. The van der Waals surface area contributed by atoms with Crippen LogP contribution in [0.25, 0.3) is 0 Å². The van der Waals surface area contributed by atoms with E-state index in [1.165, 1.54) is 11.1 Å². The van der Waals surface area contributed by atoms with E-state index in [1.807, 2.05) is 0 Å². The fourth-order valence-electron chi connectivity index (χ4n) is 3.65. The van der Waals surface area contributed by atoms with Gasteiger partial charge >= 0.3 is 0 Å². The fourth-order valence-corrected chi connectivity index (χ4v) is 3.65. The number of nitrogens with one attached hydrogen (secondary N) is 1. The van der Waals surface area contributed by atoms with Crippen LogP contribution in [0.3, 0.4) is 0 Å².